The van der Waals surface area contributed by atoms with Gasteiger partial charge in [0.1, 0.15) is 0 Å². The first-order valence-corrected chi connectivity index (χ1v) is 7.40. The van der Waals surface area contributed by atoms with Crippen molar-refractivity contribution in [2.75, 3.05) is 7.05 Å². The van der Waals surface area contributed by atoms with E-state index in [4.69, 9.17) is 5.41 Å². The molecule has 0 saturated heterocycles. The van der Waals surface area contributed by atoms with E-state index in [-0.39, 0.29) is 5.54 Å². The highest BCUT2D eigenvalue weighted by molar-refractivity contribution is 5.51. The van der Waals surface area contributed by atoms with E-state index < -0.39 is 0 Å². The Morgan fingerprint density at radius 1 is 0.882 bits per heavy atom. The highest BCUT2D eigenvalue weighted by Crippen LogP contribution is 2.32. The van der Waals surface area contributed by atoms with Crippen molar-refractivity contribution in [2.45, 2.75) is 84.1 Å². The van der Waals surface area contributed by atoms with Crippen LogP contribution in [0.5, 0.6) is 0 Å². The molecule has 0 aliphatic carbocycles. The number of hydrogen-bond donors (Lipinski definition) is 1. The minimum Gasteiger partial charge on any atom is -0.361 e. The van der Waals surface area contributed by atoms with Crippen LogP contribution in [0.2, 0.25) is 0 Å². The average molecular weight is 240 g/mol. The van der Waals surface area contributed by atoms with Gasteiger partial charge < -0.3 is 4.90 Å². The fraction of sp³-hybridized carbons (Fsp3) is 0.933. The van der Waals surface area contributed by atoms with Crippen molar-refractivity contribution >= 4 is 6.34 Å². The molecule has 0 spiro atoms. The summed E-state index contributed by atoms with van der Waals surface area (Å²) in [5.41, 5.74) is 0.254. The standard InChI is InChI=1S/C15H32N2/c1-5-8-11-15(12-9-6-2,13-10-7-3)17(4)14-16/h14,16H,5-13H2,1-4H3. The Balaban J connectivity index is 4.69. The Kier molecular flexibility index (Phi) is 9.20. The van der Waals surface area contributed by atoms with Crippen LogP contribution >= 0.6 is 0 Å². The van der Waals surface area contributed by atoms with Crippen LogP contribution in [0.15, 0.2) is 0 Å². The largest absolute Gasteiger partial charge is 0.361 e. The maximum Gasteiger partial charge on any atom is 0.0819 e. The third kappa shape index (κ3) is 5.56. The lowest BCUT2D eigenvalue weighted by Gasteiger charge is -2.42. The van der Waals surface area contributed by atoms with Gasteiger partial charge in [0.15, 0.2) is 0 Å². The monoisotopic (exact) mass is 240 g/mol. The van der Waals surface area contributed by atoms with Crippen LogP contribution in [0.4, 0.5) is 0 Å². The molecule has 2 heteroatoms. The summed E-state index contributed by atoms with van der Waals surface area (Å²) in [5, 5.41) is 7.57. The van der Waals surface area contributed by atoms with E-state index >= 15 is 0 Å². The second-order valence-corrected chi connectivity index (χ2v) is 5.28. The van der Waals surface area contributed by atoms with Crippen molar-refractivity contribution < 1.29 is 0 Å². The normalized spacial score (nSPS) is 11.5. The van der Waals surface area contributed by atoms with Gasteiger partial charge in [-0.15, -0.1) is 0 Å². The van der Waals surface area contributed by atoms with Crippen LogP contribution in [-0.2, 0) is 0 Å². The first-order chi connectivity index (χ1) is 8.16. The number of unbranched alkanes of at least 4 members (excludes halogenated alkanes) is 3. The summed E-state index contributed by atoms with van der Waals surface area (Å²) in [7, 11) is 2.09. The number of hydrogen-bond acceptors (Lipinski definition) is 1. The lowest BCUT2D eigenvalue weighted by atomic mass is 9.81. The summed E-state index contributed by atoms with van der Waals surface area (Å²) >= 11 is 0. The lowest BCUT2D eigenvalue weighted by molar-refractivity contribution is 0.151. The van der Waals surface area contributed by atoms with Crippen LogP contribution in [0.3, 0.4) is 0 Å². The Bertz CT molecular complexity index is 168. The zero-order chi connectivity index (χ0) is 13.1. The van der Waals surface area contributed by atoms with E-state index in [1.165, 1.54) is 64.1 Å². The SMILES string of the molecule is CCCCC(CCCC)(CCCC)N(C)C=N. The topological polar surface area (TPSA) is 27.1 Å². The van der Waals surface area contributed by atoms with E-state index in [0.29, 0.717) is 0 Å². The van der Waals surface area contributed by atoms with Crippen LogP contribution in [-0.4, -0.2) is 23.8 Å². The van der Waals surface area contributed by atoms with Gasteiger partial charge >= 0.3 is 0 Å². The Morgan fingerprint density at radius 2 is 1.24 bits per heavy atom. The predicted molar refractivity (Wildman–Crippen MR) is 77.9 cm³/mol. The summed E-state index contributed by atoms with van der Waals surface area (Å²) in [6.45, 7) is 6.78. The molecule has 0 saturated carbocycles. The molecule has 1 N–H and O–H groups in total. The third-order valence-corrected chi connectivity index (χ3v) is 3.93. The molecule has 0 atom stereocenters. The average Bonchev–Trinajstić information content (AvgIpc) is 2.37. The van der Waals surface area contributed by atoms with Gasteiger partial charge in [0.25, 0.3) is 0 Å². The second kappa shape index (κ2) is 9.49. The van der Waals surface area contributed by atoms with Gasteiger partial charge in [0.05, 0.1) is 6.34 Å². The molecule has 0 aliphatic heterocycles. The van der Waals surface area contributed by atoms with Gasteiger partial charge in [-0.25, -0.2) is 0 Å². The Labute approximate surface area is 108 Å². The predicted octanol–water partition coefficient (Wildman–Crippen LogP) is 4.83. The highest BCUT2D eigenvalue weighted by Gasteiger charge is 2.31. The van der Waals surface area contributed by atoms with Gasteiger partial charge in [-0.2, -0.15) is 0 Å². The van der Waals surface area contributed by atoms with Crippen molar-refractivity contribution in [2.24, 2.45) is 0 Å². The minimum absolute atomic E-state index is 0.254. The van der Waals surface area contributed by atoms with Crippen molar-refractivity contribution in [3.05, 3.63) is 0 Å². The summed E-state index contributed by atoms with van der Waals surface area (Å²) in [5.74, 6) is 0. The van der Waals surface area contributed by atoms with Crippen LogP contribution < -0.4 is 0 Å². The Morgan fingerprint density at radius 3 is 1.47 bits per heavy atom. The molecular weight excluding hydrogens is 208 g/mol. The molecular formula is C15H32N2. The number of nitrogens with one attached hydrogen (secondary N) is 1. The molecule has 0 aromatic carbocycles. The smallest absolute Gasteiger partial charge is 0.0819 e. The molecule has 0 radical (unpaired) electrons. The fourth-order valence-corrected chi connectivity index (χ4v) is 2.56. The first kappa shape index (κ1) is 16.5. The molecule has 0 fully saturated rings. The molecule has 0 aromatic heterocycles. The van der Waals surface area contributed by atoms with Gasteiger partial charge in [-0.1, -0.05) is 59.3 Å². The molecule has 0 bridgehead atoms. The molecule has 0 amide bonds. The van der Waals surface area contributed by atoms with E-state index in [1.807, 2.05) is 0 Å². The third-order valence-electron chi connectivity index (χ3n) is 3.93. The molecule has 0 aliphatic rings. The summed E-state index contributed by atoms with van der Waals surface area (Å²) in [4.78, 5) is 2.17. The second-order valence-electron chi connectivity index (χ2n) is 5.28. The quantitative estimate of drug-likeness (QED) is 0.406. The summed E-state index contributed by atoms with van der Waals surface area (Å²) in [6.07, 6.45) is 12.9. The molecule has 102 valence electrons. The fourth-order valence-electron chi connectivity index (χ4n) is 2.56. The van der Waals surface area contributed by atoms with Crippen LogP contribution in [0.1, 0.15) is 78.6 Å². The summed E-state index contributed by atoms with van der Waals surface area (Å²) in [6, 6.07) is 0. The van der Waals surface area contributed by atoms with Crippen molar-refractivity contribution in [3.63, 3.8) is 0 Å². The van der Waals surface area contributed by atoms with Gasteiger partial charge in [-0.05, 0) is 19.3 Å². The first-order valence-electron chi connectivity index (χ1n) is 7.40. The van der Waals surface area contributed by atoms with E-state index in [0.717, 1.165) is 0 Å². The molecule has 2 nitrogen and oxygen atoms in total. The van der Waals surface area contributed by atoms with Crippen LogP contribution in [0, 0.1) is 5.41 Å². The maximum absolute atomic E-state index is 7.57. The molecule has 0 unspecified atom stereocenters. The van der Waals surface area contributed by atoms with E-state index in [2.05, 4.69) is 32.7 Å². The maximum atomic E-state index is 7.57. The van der Waals surface area contributed by atoms with Gasteiger partial charge in [0, 0.05) is 12.6 Å². The number of rotatable bonds is 11. The zero-order valence-corrected chi connectivity index (χ0v) is 12.4. The molecule has 0 aromatic rings. The zero-order valence-electron chi connectivity index (χ0n) is 12.4. The molecule has 17 heavy (non-hydrogen) atoms. The minimum atomic E-state index is 0.254. The van der Waals surface area contributed by atoms with Crippen molar-refractivity contribution in [3.8, 4) is 0 Å². The summed E-state index contributed by atoms with van der Waals surface area (Å²) < 4.78 is 0. The highest BCUT2D eigenvalue weighted by atomic mass is 15.2. The van der Waals surface area contributed by atoms with Crippen molar-refractivity contribution in [1.82, 2.24) is 4.90 Å². The van der Waals surface area contributed by atoms with Crippen molar-refractivity contribution in [1.29, 1.82) is 5.41 Å². The number of nitrogens with zero attached hydrogens (tertiary/aromatic N) is 1. The lowest BCUT2D eigenvalue weighted by Crippen LogP contribution is -2.45. The van der Waals surface area contributed by atoms with Gasteiger partial charge in [0.2, 0.25) is 0 Å². The molecule has 0 rings (SSSR count). The van der Waals surface area contributed by atoms with Crippen LogP contribution in [0.25, 0.3) is 0 Å². The Hall–Kier alpha value is -0.530. The molecule has 0 heterocycles. The van der Waals surface area contributed by atoms with E-state index in [1.54, 1.807) is 0 Å². The van der Waals surface area contributed by atoms with Gasteiger partial charge in [-0.3, -0.25) is 5.41 Å². The van der Waals surface area contributed by atoms with E-state index in [9.17, 15) is 0 Å².